The van der Waals surface area contributed by atoms with Gasteiger partial charge in [0.15, 0.2) is 5.96 Å². The van der Waals surface area contributed by atoms with E-state index in [1.807, 2.05) is 18.2 Å². The number of nitrogens with zero attached hydrogens (tertiary/aromatic N) is 1. The maximum Gasteiger partial charge on any atom is 0.240 e. The molecule has 2 aromatic rings. The minimum absolute atomic E-state index is 0.0985. The molecular formula is C19H24N4O2S. The molecule has 1 saturated carbocycles. The van der Waals surface area contributed by atoms with Gasteiger partial charge in [-0.1, -0.05) is 31.2 Å². The van der Waals surface area contributed by atoms with Gasteiger partial charge in [-0.2, -0.15) is 0 Å². The number of nitrogens with two attached hydrogens (primary N) is 1. The standard InChI is InChI=1S/C19H24N4O2S/c1-2-14-4-3-5-17(12-14)22-19(20)21-13-15-6-10-18(11-7-15)26(24,25)23-16-8-9-16/h3-7,10-12,16,23H,2,8-9,13H2,1H3,(H3,20,21,22). The number of hydrogen-bond acceptors (Lipinski definition) is 3. The summed E-state index contributed by atoms with van der Waals surface area (Å²) in [4.78, 5) is 4.59. The van der Waals surface area contributed by atoms with Crippen molar-refractivity contribution in [3.8, 4) is 0 Å². The minimum atomic E-state index is -3.42. The zero-order valence-corrected chi connectivity index (χ0v) is 15.6. The van der Waals surface area contributed by atoms with Crippen molar-refractivity contribution in [1.82, 2.24) is 4.72 Å². The fraction of sp³-hybridized carbons (Fsp3) is 0.316. The van der Waals surface area contributed by atoms with E-state index in [1.54, 1.807) is 24.3 Å². The predicted molar refractivity (Wildman–Crippen MR) is 105 cm³/mol. The number of aliphatic imine (C=N–C) groups is 1. The van der Waals surface area contributed by atoms with Crippen molar-refractivity contribution in [2.75, 3.05) is 5.32 Å². The van der Waals surface area contributed by atoms with Crippen molar-refractivity contribution in [1.29, 1.82) is 0 Å². The van der Waals surface area contributed by atoms with E-state index in [4.69, 9.17) is 5.73 Å². The lowest BCUT2D eigenvalue weighted by Crippen LogP contribution is -2.25. The molecule has 0 saturated heterocycles. The summed E-state index contributed by atoms with van der Waals surface area (Å²) in [5.74, 6) is 0.324. The van der Waals surface area contributed by atoms with Crippen molar-refractivity contribution in [3.63, 3.8) is 0 Å². The van der Waals surface area contributed by atoms with Crippen LogP contribution in [0, 0.1) is 0 Å². The number of rotatable bonds is 7. The molecule has 0 bridgehead atoms. The van der Waals surface area contributed by atoms with Crippen molar-refractivity contribution in [2.24, 2.45) is 10.7 Å². The highest BCUT2D eigenvalue weighted by Crippen LogP contribution is 2.22. The van der Waals surface area contributed by atoms with E-state index in [9.17, 15) is 8.42 Å². The number of aryl methyl sites for hydroxylation is 1. The number of anilines is 1. The molecule has 6 nitrogen and oxygen atoms in total. The molecule has 0 radical (unpaired) electrons. The fourth-order valence-electron chi connectivity index (χ4n) is 2.50. The van der Waals surface area contributed by atoms with E-state index < -0.39 is 10.0 Å². The first kappa shape index (κ1) is 18.4. The Morgan fingerprint density at radius 2 is 1.88 bits per heavy atom. The monoisotopic (exact) mass is 372 g/mol. The van der Waals surface area contributed by atoms with Crippen LogP contribution in [0.25, 0.3) is 0 Å². The molecular weight excluding hydrogens is 348 g/mol. The summed E-state index contributed by atoms with van der Waals surface area (Å²) in [6.45, 7) is 2.48. The molecule has 0 spiro atoms. The van der Waals surface area contributed by atoms with Gasteiger partial charge in [-0.25, -0.2) is 18.1 Å². The van der Waals surface area contributed by atoms with Gasteiger partial charge in [0, 0.05) is 11.7 Å². The zero-order chi connectivity index (χ0) is 18.6. The second-order valence-corrected chi connectivity index (χ2v) is 8.13. The number of guanidine groups is 1. The Balaban J connectivity index is 1.60. The molecule has 3 rings (SSSR count). The molecule has 1 fully saturated rings. The van der Waals surface area contributed by atoms with Crippen LogP contribution in [0.4, 0.5) is 5.69 Å². The molecule has 0 heterocycles. The maximum absolute atomic E-state index is 12.1. The third-order valence-corrected chi connectivity index (χ3v) is 5.71. The van der Waals surface area contributed by atoms with Gasteiger partial charge in [-0.3, -0.25) is 0 Å². The summed E-state index contributed by atoms with van der Waals surface area (Å²) in [5.41, 5.74) is 8.95. The van der Waals surface area contributed by atoms with E-state index in [0.717, 1.165) is 30.5 Å². The Morgan fingerprint density at radius 1 is 1.15 bits per heavy atom. The highest BCUT2D eigenvalue weighted by Gasteiger charge is 2.27. The van der Waals surface area contributed by atoms with E-state index in [2.05, 4.69) is 28.0 Å². The second-order valence-electron chi connectivity index (χ2n) is 6.42. The zero-order valence-electron chi connectivity index (χ0n) is 14.8. The van der Waals surface area contributed by atoms with Gasteiger partial charge in [0.1, 0.15) is 0 Å². The Hall–Kier alpha value is -2.38. The van der Waals surface area contributed by atoms with Gasteiger partial charge in [0.05, 0.1) is 11.4 Å². The van der Waals surface area contributed by atoms with Crippen LogP contribution < -0.4 is 15.8 Å². The average molecular weight is 372 g/mol. The van der Waals surface area contributed by atoms with Crippen LogP contribution in [-0.2, 0) is 23.0 Å². The van der Waals surface area contributed by atoms with Crippen LogP contribution in [0.2, 0.25) is 0 Å². The normalized spacial score (nSPS) is 15.0. The molecule has 0 unspecified atom stereocenters. The van der Waals surface area contributed by atoms with Gasteiger partial charge in [0.25, 0.3) is 0 Å². The first-order valence-electron chi connectivity index (χ1n) is 8.73. The lowest BCUT2D eigenvalue weighted by molar-refractivity contribution is 0.581. The summed E-state index contributed by atoms with van der Waals surface area (Å²) in [6, 6.07) is 14.8. The van der Waals surface area contributed by atoms with Crippen molar-refractivity contribution in [2.45, 2.75) is 43.7 Å². The van der Waals surface area contributed by atoms with Gasteiger partial charge >= 0.3 is 0 Å². The molecule has 0 aromatic heterocycles. The highest BCUT2D eigenvalue weighted by molar-refractivity contribution is 7.89. The number of nitrogens with one attached hydrogen (secondary N) is 2. The molecule has 1 aliphatic carbocycles. The largest absolute Gasteiger partial charge is 0.370 e. The summed E-state index contributed by atoms with van der Waals surface area (Å²) < 4.78 is 27.0. The van der Waals surface area contributed by atoms with E-state index in [-0.39, 0.29) is 10.9 Å². The van der Waals surface area contributed by atoms with Crippen molar-refractivity contribution < 1.29 is 8.42 Å². The molecule has 0 aliphatic heterocycles. The Bertz CT molecular complexity index is 888. The third-order valence-electron chi connectivity index (χ3n) is 4.17. The van der Waals surface area contributed by atoms with Crippen LogP contribution in [0.5, 0.6) is 0 Å². The van der Waals surface area contributed by atoms with Crippen LogP contribution in [0.1, 0.15) is 30.9 Å². The van der Waals surface area contributed by atoms with E-state index >= 15 is 0 Å². The first-order chi connectivity index (χ1) is 12.5. The lowest BCUT2D eigenvalue weighted by atomic mass is 10.1. The predicted octanol–water partition coefficient (Wildman–Crippen LogP) is 2.62. The highest BCUT2D eigenvalue weighted by atomic mass is 32.2. The number of sulfonamides is 1. The third kappa shape index (κ3) is 5.06. The van der Waals surface area contributed by atoms with Crippen LogP contribution in [-0.4, -0.2) is 20.4 Å². The molecule has 0 amide bonds. The summed E-state index contributed by atoms with van der Waals surface area (Å²) in [7, 11) is -3.42. The molecule has 0 atom stereocenters. The minimum Gasteiger partial charge on any atom is -0.370 e. The average Bonchev–Trinajstić information content (AvgIpc) is 3.44. The van der Waals surface area contributed by atoms with E-state index in [1.165, 1.54) is 5.56 Å². The second kappa shape index (κ2) is 7.88. The van der Waals surface area contributed by atoms with Crippen LogP contribution in [0.15, 0.2) is 58.4 Å². The molecule has 4 N–H and O–H groups in total. The first-order valence-corrected chi connectivity index (χ1v) is 10.2. The van der Waals surface area contributed by atoms with E-state index in [0.29, 0.717) is 12.5 Å². The van der Waals surface area contributed by atoms with Gasteiger partial charge in [-0.05, 0) is 54.7 Å². The topological polar surface area (TPSA) is 96.6 Å². The number of hydrogen-bond donors (Lipinski definition) is 3. The molecule has 2 aromatic carbocycles. The SMILES string of the molecule is CCc1cccc(NC(N)=NCc2ccc(S(=O)(=O)NC3CC3)cc2)c1. The van der Waals surface area contributed by atoms with Crippen LogP contribution in [0.3, 0.4) is 0 Å². The quantitative estimate of drug-likeness (QED) is 0.514. The summed E-state index contributed by atoms with van der Waals surface area (Å²) in [6.07, 6.45) is 2.79. The Kier molecular flexibility index (Phi) is 5.58. The Labute approximate surface area is 154 Å². The van der Waals surface area contributed by atoms with Crippen molar-refractivity contribution >= 4 is 21.7 Å². The van der Waals surface area contributed by atoms with Gasteiger partial charge in [0.2, 0.25) is 10.0 Å². The number of benzene rings is 2. The molecule has 26 heavy (non-hydrogen) atoms. The van der Waals surface area contributed by atoms with Gasteiger partial charge < -0.3 is 11.1 Å². The molecule has 138 valence electrons. The molecule has 1 aliphatic rings. The lowest BCUT2D eigenvalue weighted by Gasteiger charge is -2.08. The van der Waals surface area contributed by atoms with Crippen LogP contribution >= 0.6 is 0 Å². The maximum atomic E-state index is 12.1. The smallest absolute Gasteiger partial charge is 0.240 e. The fourth-order valence-corrected chi connectivity index (χ4v) is 3.80. The Morgan fingerprint density at radius 3 is 2.54 bits per heavy atom. The van der Waals surface area contributed by atoms with Crippen molar-refractivity contribution in [3.05, 3.63) is 59.7 Å². The summed E-state index contributed by atoms with van der Waals surface area (Å²) >= 11 is 0. The van der Waals surface area contributed by atoms with Gasteiger partial charge in [-0.15, -0.1) is 0 Å². The molecule has 7 heteroatoms. The summed E-state index contributed by atoms with van der Waals surface area (Å²) in [5, 5.41) is 3.07.